The van der Waals surface area contributed by atoms with Gasteiger partial charge < -0.3 is 24.3 Å². The second-order valence-electron chi connectivity index (χ2n) is 9.72. The van der Waals surface area contributed by atoms with Gasteiger partial charge in [0.25, 0.3) is 11.9 Å². The number of oxazole rings is 1. The van der Waals surface area contributed by atoms with Gasteiger partial charge in [0.15, 0.2) is 11.3 Å². The van der Waals surface area contributed by atoms with Crippen LogP contribution in [0.1, 0.15) is 41.3 Å². The molecule has 0 saturated carbocycles. The Labute approximate surface area is 232 Å². The maximum absolute atomic E-state index is 13.9. The molecule has 0 spiro atoms. The molecule has 1 aliphatic heterocycles. The number of rotatable bonds is 10. The number of benzene rings is 3. The predicted molar refractivity (Wildman–Crippen MR) is 151 cm³/mol. The Bertz CT molecular complexity index is 1470. The number of halogens is 1. The van der Waals surface area contributed by atoms with Gasteiger partial charge >= 0.3 is 0 Å². The van der Waals surface area contributed by atoms with E-state index in [2.05, 4.69) is 17.2 Å². The number of hydrogen-bond donors (Lipinski definition) is 1. The first-order valence-electron chi connectivity index (χ1n) is 13.0. The largest absolute Gasteiger partial charge is 0.493 e. The first-order chi connectivity index (χ1) is 18.9. The van der Waals surface area contributed by atoms with Gasteiger partial charge in [-0.25, -0.2) is 0 Å². The first kappa shape index (κ1) is 26.6. The van der Waals surface area contributed by atoms with Crippen molar-refractivity contribution in [1.29, 1.82) is 0 Å². The van der Waals surface area contributed by atoms with Crippen LogP contribution in [0.25, 0.3) is 11.1 Å². The van der Waals surface area contributed by atoms with Gasteiger partial charge in [0, 0.05) is 49.2 Å². The van der Waals surface area contributed by atoms with Crippen LogP contribution in [0.3, 0.4) is 0 Å². The Balaban J connectivity index is 1.39. The lowest BCUT2D eigenvalue weighted by atomic mass is 10.1. The highest BCUT2D eigenvalue weighted by Gasteiger charge is 2.28. The Morgan fingerprint density at radius 3 is 2.67 bits per heavy atom. The van der Waals surface area contributed by atoms with Crippen LogP contribution in [-0.4, -0.2) is 52.8 Å². The summed E-state index contributed by atoms with van der Waals surface area (Å²) < 4.78 is 11.5. The van der Waals surface area contributed by atoms with Crippen molar-refractivity contribution in [2.75, 3.05) is 25.5 Å². The molecule has 1 unspecified atom stereocenters. The van der Waals surface area contributed by atoms with Gasteiger partial charge in [-0.05, 0) is 48.7 Å². The Hall–Kier alpha value is -4.04. The Morgan fingerprint density at radius 1 is 1.15 bits per heavy atom. The van der Waals surface area contributed by atoms with Crippen molar-refractivity contribution in [3.63, 3.8) is 0 Å². The van der Waals surface area contributed by atoms with Crippen LogP contribution in [0.2, 0.25) is 5.02 Å². The summed E-state index contributed by atoms with van der Waals surface area (Å²) in [4.78, 5) is 34.4. The second-order valence-corrected chi connectivity index (χ2v) is 10.2. The molecular weight excluding hydrogens is 516 g/mol. The molecule has 202 valence electrons. The van der Waals surface area contributed by atoms with Gasteiger partial charge in [0.1, 0.15) is 5.52 Å². The molecule has 1 aliphatic rings. The Kier molecular flexibility index (Phi) is 8.02. The number of nitrogens with one attached hydrogen (secondary N) is 1. The van der Waals surface area contributed by atoms with Crippen LogP contribution >= 0.6 is 11.6 Å². The molecule has 2 amide bonds. The minimum atomic E-state index is -0.171. The van der Waals surface area contributed by atoms with Crippen molar-refractivity contribution in [3.8, 4) is 5.75 Å². The number of carbonyl (C=O) groups excluding carboxylic acids is 2. The summed E-state index contributed by atoms with van der Waals surface area (Å²) >= 11 is 6.09. The van der Waals surface area contributed by atoms with E-state index in [1.807, 2.05) is 59.5 Å². The lowest BCUT2D eigenvalue weighted by molar-refractivity contribution is -0.128. The zero-order chi connectivity index (χ0) is 27.4. The van der Waals surface area contributed by atoms with Crippen molar-refractivity contribution in [2.45, 2.75) is 38.9 Å². The van der Waals surface area contributed by atoms with E-state index in [1.165, 1.54) is 7.11 Å². The third-order valence-electron chi connectivity index (χ3n) is 7.00. The number of methoxy groups -OCH3 is 1. The number of anilines is 1. The van der Waals surface area contributed by atoms with Gasteiger partial charge in [0.2, 0.25) is 5.91 Å². The maximum atomic E-state index is 13.9. The van der Waals surface area contributed by atoms with E-state index in [4.69, 9.17) is 20.8 Å². The lowest BCUT2D eigenvalue weighted by Crippen LogP contribution is -2.41. The number of carbonyl (C=O) groups is 2. The smallest absolute Gasteiger partial charge is 0.296 e. The molecule has 0 aliphatic carbocycles. The number of nitrogens with zero attached hydrogens (tertiary/aromatic N) is 3. The second kappa shape index (κ2) is 11.8. The fourth-order valence-corrected chi connectivity index (χ4v) is 5.08. The van der Waals surface area contributed by atoms with Crippen LogP contribution < -0.4 is 10.1 Å². The van der Waals surface area contributed by atoms with Crippen molar-refractivity contribution in [2.24, 2.45) is 0 Å². The van der Waals surface area contributed by atoms with Crippen molar-refractivity contribution < 1.29 is 18.7 Å². The summed E-state index contributed by atoms with van der Waals surface area (Å²) in [6.45, 7) is 3.84. The SMILES string of the molecule is COc1cc(C(=O)N(CCN2C(=O)CCC2C)Cc2ccccc2)cc2nc(NCc3cccc(Cl)c3)oc12. The highest BCUT2D eigenvalue weighted by molar-refractivity contribution is 6.30. The van der Waals surface area contributed by atoms with E-state index in [0.29, 0.717) is 66.0 Å². The molecule has 8 nitrogen and oxygen atoms in total. The van der Waals surface area contributed by atoms with Crippen molar-refractivity contribution >= 4 is 40.5 Å². The number of aromatic nitrogens is 1. The van der Waals surface area contributed by atoms with Crippen LogP contribution in [0.5, 0.6) is 5.75 Å². The van der Waals surface area contributed by atoms with Gasteiger partial charge in [-0.3, -0.25) is 9.59 Å². The summed E-state index contributed by atoms with van der Waals surface area (Å²) in [6, 6.07) is 21.2. The molecule has 1 N–H and O–H groups in total. The number of likely N-dealkylation sites (tertiary alicyclic amines) is 1. The normalized spacial score (nSPS) is 15.1. The zero-order valence-electron chi connectivity index (χ0n) is 22.0. The highest BCUT2D eigenvalue weighted by Crippen LogP contribution is 2.31. The van der Waals surface area contributed by atoms with E-state index in [1.54, 1.807) is 17.0 Å². The van der Waals surface area contributed by atoms with Crippen LogP contribution in [0, 0.1) is 0 Å². The monoisotopic (exact) mass is 546 g/mol. The molecule has 1 saturated heterocycles. The van der Waals surface area contributed by atoms with E-state index in [0.717, 1.165) is 17.5 Å². The number of hydrogen-bond acceptors (Lipinski definition) is 6. The molecule has 0 radical (unpaired) electrons. The summed E-state index contributed by atoms with van der Waals surface area (Å²) in [7, 11) is 1.53. The average molecular weight is 547 g/mol. The Morgan fingerprint density at radius 2 is 1.95 bits per heavy atom. The number of amides is 2. The predicted octanol–water partition coefficient (Wildman–Crippen LogP) is 5.76. The molecule has 39 heavy (non-hydrogen) atoms. The van der Waals surface area contributed by atoms with E-state index >= 15 is 0 Å². The van der Waals surface area contributed by atoms with Crippen LogP contribution in [0.15, 0.2) is 71.1 Å². The third kappa shape index (κ3) is 6.17. The minimum Gasteiger partial charge on any atom is -0.493 e. The first-order valence-corrected chi connectivity index (χ1v) is 13.4. The molecule has 2 heterocycles. The number of ether oxygens (including phenoxy) is 1. The fourth-order valence-electron chi connectivity index (χ4n) is 4.87. The highest BCUT2D eigenvalue weighted by atomic mass is 35.5. The molecule has 5 rings (SSSR count). The molecule has 4 aromatic rings. The van der Waals surface area contributed by atoms with Gasteiger partial charge in [-0.2, -0.15) is 4.98 Å². The van der Waals surface area contributed by atoms with E-state index in [9.17, 15) is 9.59 Å². The summed E-state index contributed by atoms with van der Waals surface area (Å²) in [6.07, 6.45) is 1.40. The molecule has 3 aromatic carbocycles. The van der Waals surface area contributed by atoms with Gasteiger partial charge in [0.05, 0.1) is 7.11 Å². The number of fused-ring (bicyclic) bond motifs is 1. The van der Waals surface area contributed by atoms with Gasteiger partial charge in [-0.15, -0.1) is 0 Å². The lowest BCUT2D eigenvalue weighted by Gasteiger charge is -2.28. The molecule has 1 aromatic heterocycles. The average Bonchev–Trinajstić information content (AvgIpc) is 3.51. The van der Waals surface area contributed by atoms with Crippen LogP contribution in [-0.2, 0) is 17.9 Å². The fraction of sp³-hybridized carbons (Fsp3) is 0.300. The van der Waals surface area contributed by atoms with Crippen molar-refractivity contribution in [1.82, 2.24) is 14.8 Å². The molecular formula is C30H31ClN4O4. The summed E-state index contributed by atoms with van der Waals surface area (Å²) in [5, 5.41) is 3.82. The quantitative estimate of drug-likeness (QED) is 0.272. The van der Waals surface area contributed by atoms with Gasteiger partial charge in [-0.1, -0.05) is 54.1 Å². The topological polar surface area (TPSA) is 87.9 Å². The molecule has 1 atom stereocenters. The molecule has 0 bridgehead atoms. The maximum Gasteiger partial charge on any atom is 0.296 e. The van der Waals surface area contributed by atoms with E-state index < -0.39 is 0 Å². The van der Waals surface area contributed by atoms with E-state index in [-0.39, 0.29) is 17.9 Å². The molecule has 1 fully saturated rings. The van der Waals surface area contributed by atoms with Crippen LogP contribution in [0.4, 0.5) is 6.01 Å². The standard InChI is InChI=1S/C30H31ClN4O4/c1-20-11-12-27(36)35(20)14-13-34(19-21-7-4-3-5-8-21)29(37)23-16-25-28(26(17-23)38-2)39-30(33-25)32-18-22-9-6-10-24(31)15-22/h3-10,15-17,20H,11-14,18-19H2,1-2H3,(H,32,33). The summed E-state index contributed by atoms with van der Waals surface area (Å²) in [5.41, 5.74) is 3.39. The summed E-state index contributed by atoms with van der Waals surface area (Å²) in [5.74, 6) is 0.384. The molecule has 9 heteroatoms. The van der Waals surface area contributed by atoms with Crippen molar-refractivity contribution in [3.05, 3.63) is 88.4 Å². The zero-order valence-corrected chi connectivity index (χ0v) is 22.8. The third-order valence-corrected chi connectivity index (χ3v) is 7.23. The minimum absolute atomic E-state index is 0.137.